The minimum Gasteiger partial charge on any atom is -0.496 e. The first kappa shape index (κ1) is 16.9. The van der Waals surface area contributed by atoms with E-state index in [2.05, 4.69) is 5.32 Å². The molecule has 0 bridgehead atoms. The van der Waals surface area contributed by atoms with Crippen molar-refractivity contribution in [2.45, 2.75) is 10.9 Å². The number of sulfonamides is 1. The minimum atomic E-state index is -3.81. The van der Waals surface area contributed by atoms with Crippen molar-refractivity contribution in [1.82, 2.24) is 9.62 Å². The summed E-state index contributed by atoms with van der Waals surface area (Å²) in [5.41, 5.74) is 0.784. The largest absolute Gasteiger partial charge is 0.496 e. The predicted octanol–water partition coefficient (Wildman–Crippen LogP) is 2.17. The molecule has 1 fully saturated rings. The van der Waals surface area contributed by atoms with Crippen molar-refractivity contribution in [2.75, 3.05) is 26.7 Å². The molecule has 0 aliphatic carbocycles. The number of methoxy groups -OCH3 is 1. The Kier molecular flexibility index (Phi) is 4.84. The van der Waals surface area contributed by atoms with E-state index in [0.29, 0.717) is 25.4 Å². The highest BCUT2D eigenvalue weighted by Gasteiger charge is 2.35. The van der Waals surface area contributed by atoms with Crippen LogP contribution in [0.2, 0.25) is 0 Å². The molecule has 0 radical (unpaired) electrons. The molecular weight excluding hydrogens is 331 g/mol. The van der Waals surface area contributed by atoms with Crippen LogP contribution < -0.4 is 10.1 Å². The highest BCUT2D eigenvalue weighted by Crippen LogP contribution is 2.33. The summed E-state index contributed by atoms with van der Waals surface area (Å²) >= 11 is 0. The monoisotopic (exact) mass is 350 g/mol. The summed E-state index contributed by atoms with van der Waals surface area (Å²) < 4.78 is 46.3. The first-order valence-corrected chi connectivity index (χ1v) is 9.09. The maximum Gasteiger partial charge on any atom is 0.243 e. The third-order valence-corrected chi connectivity index (χ3v) is 6.00. The number of benzene rings is 2. The maximum atomic E-state index is 13.5. The van der Waals surface area contributed by atoms with E-state index in [1.54, 1.807) is 13.2 Å². The van der Waals surface area contributed by atoms with Gasteiger partial charge in [-0.1, -0.05) is 24.3 Å². The lowest BCUT2D eigenvalue weighted by molar-refractivity contribution is 0.264. The molecule has 1 atom stereocenters. The van der Waals surface area contributed by atoms with Gasteiger partial charge in [0.15, 0.2) is 0 Å². The third-order valence-electron chi connectivity index (χ3n) is 4.09. The van der Waals surface area contributed by atoms with Gasteiger partial charge in [-0.15, -0.1) is 0 Å². The molecular formula is C17H19FN2O3S. The van der Waals surface area contributed by atoms with E-state index < -0.39 is 21.9 Å². The summed E-state index contributed by atoms with van der Waals surface area (Å²) in [6.45, 7) is 1.32. The SMILES string of the molecule is COc1ccccc1C1CNCCN1S(=O)(=O)c1cccc(F)c1. The van der Waals surface area contributed by atoms with Gasteiger partial charge >= 0.3 is 0 Å². The molecule has 0 aromatic heterocycles. The summed E-state index contributed by atoms with van der Waals surface area (Å²) in [5, 5.41) is 3.21. The van der Waals surface area contributed by atoms with E-state index in [1.165, 1.54) is 22.5 Å². The van der Waals surface area contributed by atoms with Gasteiger partial charge in [0.05, 0.1) is 18.0 Å². The average Bonchev–Trinajstić information content (AvgIpc) is 2.61. The van der Waals surface area contributed by atoms with Gasteiger partial charge < -0.3 is 10.1 Å². The maximum absolute atomic E-state index is 13.5. The van der Waals surface area contributed by atoms with E-state index >= 15 is 0 Å². The normalized spacial score (nSPS) is 19.2. The van der Waals surface area contributed by atoms with E-state index in [4.69, 9.17) is 4.74 Å². The molecule has 7 heteroatoms. The van der Waals surface area contributed by atoms with E-state index in [0.717, 1.165) is 11.6 Å². The Morgan fingerprint density at radius 3 is 2.75 bits per heavy atom. The zero-order chi connectivity index (χ0) is 17.2. The van der Waals surface area contributed by atoms with Gasteiger partial charge in [0.2, 0.25) is 10.0 Å². The van der Waals surface area contributed by atoms with Gasteiger partial charge in [-0.25, -0.2) is 12.8 Å². The van der Waals surface area contributed by atoms with Crippen LogP contribution in [0.1, 0.15) is 11.6 Å². The van der Waals surface area contributed by atoms with Gasteiger partial charge in [0.25, 0.3) is 0 Å². The lowest BCUT2D eigenvalue weighted by Crippen LogP contribution is -2.48. The summed E-state index contributed by atoms with van der Waals surface area (Å²) in [6.07, 6.45) is 0. The van der Waals surface area contributed by atoms with Crippen LogP contribution in [0.3, 0.4) is 0 Å². The van der Waals surface area contributed by atoms with E-state index in [-0.39, 0.29) is 4.90 Å². The molecule has 5 nitrogen and oxygen atoms in total. The molecule has 1 unspecified atom stereocenters. The fraction of sp³-hybridized carbons (Fsp3) is 0.294. The van der Waals surface area contributed by atoms with Crippen LogP contribution in [0.25, 0.3) is 0 Å². The van der Waals surface area contributed by atoms with Crippen LogP contribution in [-0.2, 0) is 10.0 Å². The van der Waals surface area contributed by atoms with Gasteiger partial charge in [0, 0.05) is 25.2 Å². The molecule has 2 aromatic rings. The molecule has 0 spiro atoms. The zero-order valence-electron chi connectivity index (χ0n) is 13.3. The molecule has 1 aliphatic heterocycles. The molecule has 24 heavy (non-hydrogen) atoms. The van der Waals surface area contributed by atoms with Crippen LogP contribution in [0.15, 0.2) is 53.4 Å². The molecule has 2 aromatic carbocycles. The Morgan fingerprint density at radius 2 is 2.00 bits per heavy atom. The number of rotatable bonds is 4. The molecule has 0 saturated carbocycles. The second-order valence-electron chi connectivity index (χ2n) is 5.54. The highest BCUT2D eigenvalue weighted by atomic mass is 32.2. The van der Waals surface area contributed by atoms with Crippen molar-refractivity contribution in [3.63, 3.8) is 0 Å². The average molecular weight is 350 g/mol. The Balaban J connectivity index is 2.04. The number of hydrogen-bond donors (Lipinski definition) is 1. The van der Waals surface area contributed by atoms with Gasteiger partial charge in [-0.3, -0.25) is 0 Å². The lowest BCUT2D eigenvalue weighted by Gasteiger charge is -2.36. The van der Waals surface area contributed by atoms with Crippen molar-refractivity contribution in [2.24, 2.45) is 0 Å². The molecule has 1 saturated heterocycles. The second-order valence-corrected chi connectivity index (χ2v) is 7.43. The Morgan fingerprint density at radius 1 is 1.21 bits per heavy atom. The summed E-state index contributed by atoms with van der Waals surface area (Å²) in [7, 11) is -2.25. The smallest absolute Gasteiger partial charge is 0.243 e. The molecule has 1 N–H and O–H groups in total. The summed E-state index contributed by atoms with van der Waals surface area (Å²) in [4.78, 5) is -0.0377. The zero-order valence-corrected chi connectivity index (χ0v) is 14.1. The van der Waals surface area contributed by atoms with Crippen LogP contribution in [-0.4, -0.2) is 39.5 Å². The minimum absolute atomic E-state index is 0.0377. The summed E-state index contributed by atoms with van der Waals surface area (Å²) in [6, 6.07) is 12.0. The van der Waals surface area contributed by atoms with Crippen LogP contribution in [0.4, 0.5) is 4.39 Å². The number of ether oxygens (including phenoxy) is 1. The van der Waals surface area contributed by atoms with Gasteiger partial charge in [-0.05, 0) is 24.3 Å². The van der Waals surface area contributed by atoms with Gasteiger partial charge in [0.1, 0.15) is 11.6 Å². The van der Waals surface area contributed by atoms with Crippen molar-refractivity contribution in [1.29, 1.82) is 0 Å². The first-order valence-electron chi connectivity index (χ1n) is 7.65. The lowest BCUT2D eigenvalue weighted by atomic mass is 10.0. The van der Waals surface area contributed by atoms with Crippen molar-refractivity contribution >= 4 is 10.0 Å². The first-order chi connectivity index (χ1) is 11.5. The number of nitrogens with zero attached hydrogens (tertiary/aromatic N) is 1. The van der Waals surface area contributed by atoms with E-state index in [9.17, 15) is 12.8 Å². The van der Waals surface area contributed by atoms with Crippen molar-refractivity contribution in [3.05, 3.63) is 59.9 Å². The number of halogens is 1. The number of nitrogens with one attached hydrogen (secondary N) is 1. The van der Waals surface area contributed by atoms with Crippen molar-refractivity contribution in [3.8, 4) is 5.75 Å². The Labute approximate surface area is 141 Å². The van der Waals surface area contributed by atoms with Gasteiger partial charge in [-0.2, -0.15) is 4.31 Å². The number of piperazine rings is 1. The quantitative estimate of drug-likeness (QED) is 0.918. The molecule has 0 amide bonds. The number of para-hydroxylation sites is 1. The van der Waals surface area contributed by atoms with Crippen LogP contribution >= 0.6 is 0 Å². The predicted molar refractivity (Wildman–Crippen MR) is 88.9 cm³/mol. The van der Waals surface area contributed by atoms with E-state index in [1.807, 2.05) is 18.2 Å². The number of hydrogen-bond acceptors (Lipinski definition) is 4. The molecule has 3 rings (SSSR count). The Bertz CT molecular complexity index is 826. The highest BCUT2D eigenvalue weighted by molar-refractivity contribution is 7.89. The Hall–Kier alpha value is -1.96. The summed E-state index contributed by atoms with van der Waals surface area (Å²) in [5.74, 6) is 0.0608. The topological polar surface area (TPSA) is 58.6 Å². The van der Waals surface area contributed by atoms with Crippen molar-refractivity contribution < 1.29 is 17.5 Å². The third kappa shape index (κ3) is 3.15. The second kappa shape index (κ2) is 6.88. The molecule has 1 aliphatic rings. The van der Waals surface area contributed by atoms with Crippen LogP contribution in [0.5, 0.6) is 5.75 Å². The molecule has 1 heterocycles. The standard InChI is InChI=1S/C17H19FN2O3S/c1-23-17-8-3-2-7-15(17)16-12-19-9-10-20(16)24(21,22)14-6-4-5-13(18)11-14/h2-8,11,16,19H,9-10,12H2,1H3. The van der Waals surface area contributed by atoms with Crippen LogP contribution in [0, 0.1) is 5.82 Å². The fourth-order valence-corrected chi connectivity index (χ4v) is 4.58. The fourth-order valence-electron chi connectivity index (χ4n) is 2.94. The molecule has 128 valence electrons.